The van der Waals surface area contributed by atoms with E-state index in [2.05, 4.69) is 21.2 Å². The molecule has 13 heteroatoms. The van der Waals surface area contributed by atoms with Gasteiger partial charge >= 0.3 is 16.1 Å². The van der Waals surface area contributed by atoms with Gasteiger partial charge in [0.05, 0.1) is 15.7 Å². The van der Waals surface area contributed by atoms with E-state index in [1.807, 2.05) is 0 Å². The number of hydrogen-bond donors (Lipinski definition) is 1. The first-order valence-corrected chi connectivity index (χ1v) is 13.2. The Morgan fingerprint density at radius 2 is 1.47 bits per heavy atom. The number of nitrogens with zero attached hydrogens (tertiary/aromatic N) is 1. The molecule has 1 saturated heterocycles. The minimum atomic E-state index is -4.29. The first-order chi connectivity index (χ1) is 17.0. The van der Waals surface area contributed by atoms with Crippen molar-refractivity contribution in [2.24, 2.45) is 0 Å². The van der Waals surface area contributed by atoms with Crippen molar-refractivity contribution in [3.05, 3.63) is 91.3 Å². The maximum absolute atomic E-state index is 13.0. The molecule has 0 saturated carbocycles. The van der Waals surface area contributed by atoms with Gasteiger partial charge in [-0.2, -0.15) is 8.42 Å². The van der Waals surface area contributed by atoms with Crippen molar-refractivity contribution in [2.45, 2.75) is 4.90 Å². The monoisotopic (exact) mass is 628 g/mol. The van der Waals surface area contributed by atoms with Gasteiger partial charge in [0.1, 0.15) is 10.5 Å². The number of carbonyl (C=O) groups is 3. The fraction of sp³-hybridized carbons (Fsp3) is 0. The number of rotatable bonds is 5. The summed E-state index contributed by atoms with van der Waals surface area (Å²) in [4.78, 5) is 38.4. The van der Waals surface area contributed by atoms with Crippen LogP contribution in [0.4, 0.5) is 10.5 Å². The minimum absolute atomic E-state index is 0.174. The molecule has 4 rings (SSSR count). The van der Waals surface area contributed by atoms with Gasteiger partial charge in [-0.25, -0.2) is 9.69 Å². The quantitative estimate of drug-likeness (QED) is 0.216. The Kier molecular flexibility index (Phi) is 7.44. The maximum atomic E-state index is 13.0. The van der Waals surface area contributed by atoms with Crippen LogP contribution in [0.1, 0.15) is 5.56 Å². The predicted molar refractivity (Wildman–Crippen MR) is 139 cm³/mol. The Labute approximate surface area is 228 Å². The molecule has 0 atom stereocenters. The van der Waals surface area contributed by atoms with Crippen LogP contribution in [0.2, 0.25) is 15.1 Å². The van der Waals surface area contributed by atoms with Gasteiger partial charge in [0.15, 0.2) is 5.75 Å². The number of halogens is 4. The normalized spacial score (nSPS) is 15.3. The molecule has 4 amide bonds. The highest BCUT2D eigenvalue weighted by atomic mass is 79.9. The van der Waals surface area contributed by atoms with E-state index in [9.17, 15) is 22.8 Å². The number of urea groups is 1. The number of barbiturate groups is 1. The largest absolute Gasteiger partial charge is 0.376 e. The maximum Gasteiger partial charge on any atom is 0.339 e. The zero-order valence-electron chi connectivity index (χ0n) is 17.7. The highest BCUT2D eigenvalue weighted by Gasteiger charge is 2.37. The fourth-order valence-electron chi connectivity index (χ4n) is 3.15. The van der Waals surface area contributed by atoms with Crippen molar-refractivity contribution in [3.63, 3.8) is 0 Å². The molecule has 184 valence electrons. The summed E-state index contributed by atoms with van der Waals surface area (Å²) >= 11 is 21.5. The molecule has 3 aromatic carbocycles. The Balaban J connectivity index is 1.66. The SMILES string of the molecule is O=C1NC(=O)N(c2ccc(Br)cc2)C(=O)/C1=C/c1cc(Cl)c(OS(=O)(=O)c2ccc(Cl)cc2)c(Cl)c1. The lowest BCUT2D eigenvalue weighted by atomic mass is 10.1. The Morgan fingerprint density at radius 1 is 0.889 bits per heavy atom. The van der Waals surface area contributed by atoms with Gasteiger partial charge in [-0.05, 0) is 72.3 Å². The van der Waals surface area contributed by atoms with Crippen molar-refractivity contribution >= 4 is 90.5 Å². The topological polar surface area (TPSA) is 110 Å². The molecule has 36 heavy (non-hydrogen) atoms. The number of hydrogen-bond acceptors (Lipinski definition) is 6. The van der Waals surface area contributed by atoms with Crippen LogP contribution in [-0.2, 0) is 19.7 Å². The van der Waals surface area contributed by atoms with Gasteiger partial charge in [0.25, 0.3) is 11.8 Å². The van der Waals surface area contributed by atoms with Gasteiger partial charge in [-0.1, -0.05) is 50.7 Å². The van der Waals surface area contributed by atoms with Crippen LogP contribution in [0.15, 0.2) is 75.6 Å². The van der Waals surface area contributed by atoms with Crippen molar-refractivity contribution < 1.29 is 27.0 Å². The molecule has 0 radical (unpaired) electrons. The summed E-state index contributed by atoms with van der Waals surface area (Å²) in [7, 11) is -4.29. The zero-order valence-corrected chi connectivity index (χ0v) is 22.3. The smallest absolute Gasteiger partial charge is 0.339 e. The van der Waals surface area contributed by atoms with Crippen molar-refractivity contribution in [1.29, 1.82) is 0 Å². The van der Waals surface area contributed by atoms with Crippen LogP contribution >= 0.6 is 50.7 Å². The highest BCUT2D eigenvalue weighted by molar-refractivity contribution is 9.10. The van der Waals surface area contributed by atoms with Gasteiger partial charge in [0.2, 0.25) is 0 Å². The molecular formula is C23H12BrCl3N2O6S. The average Bonchev–Trinajstić information content (AvgIpc) is 2.80. The predicted octanol–water partition coefficient (Wildman–Crippen LogP) is 5.84. The molecule has 0 spiro atoms. The second-order valence-corrected chi connectivity index (χ2v) is 11.0. The van der Waals surface area contributed by atoms with Crippen LogP contribution in [0.25, 0.3) is 6.08 Å². The Hall–Kier alpha value is -2.89. The molecule has 1 heterocycles. The molecular weight excluding hydrogens is 619 g/mol. The highest BCUT2D eigenvalue weighted by Crippen LogP contribution is 2.37. The fourth-order valence-corrected chi connectivity index (χ4v) is 5.18. The van der Waals surface area contributed by atoms with Gasteiger partial charge in [0, 0.05) is 9.50 Å². The van der Waals surface area contributed by atoms with Gasteiger partial charge < -0.3 is 4.18 Å². The van der Waals surface area contributed by atoms with Crippen LogP contribution < -0.4 is 14.4 Å². The molecule has 3 aromatic rings. The summed E-state index contributed by atoms with van der Waals surface area (Å²) in [5.41, 5.74) is 0.0586. The molecule has 0 bridgehead atoms. The van der Waals surface area contributed by atoms with Crippen molar-refractivity contribution in [1.82, 2.24) is 5.32 Å². The number of amides is 4. The van der Waals surface area contributed by atoms with E-state index < -0.39 is 28.0 Å². The van der Waals surface area contributed by atoms with Gasteiger partial charge in [-0.15, -0.1) is 0 Å². The van der Waals surface area contributed by atoms with E-state index in [1.165, 1.54) is 54.6 Å². The third-order valence-electron chi connectivity index (χ3n) is 4.81. The summed E-state index contributed by atoms with van der Waals surface area (Å²) in [6.45, 7) is 0. The third-order valence-corrected chi connectivity index (χ3v) is 7.39. The first-order valence-electron chi connectivity index (χ1n) is 9.82. The lowest BCUT2D eigenvalue weighted by Gasteiger charge is -2.26. The van der Waals surface area contributed by atoms with E-state index in [0.717, 1.165) is 9.37 Å². The summed E-state index contributed by atoms with van der Waals surface area (Å²) in [5, 5.41) is 2.05. The second kappa shape index (κ2) is 10.2. The summed E-state index contributed by atoms with van der Waals surface area (Å²) < 4.78 is 31.0. The third kappa shape index (κ3) is 5.42. The van der Waals surface area contributed by atoms with Crippen molar-refractivity contribution in [2.75, 3.05) is 4.90 Å². The zero-order chi connectivity index (χ0) is 26.2. The minimum Gasteiger partial charge on any atom is -0.376 e. The van der Waals surface area contributed by atoms with Crippen LogP contribution in [0.5, 0.6) is 5.75 Å². The van der Waals surface area contributed by atoms with E-state index in [0.29, 0.717) is 5.02 Å². The molecule has 0 aliphatic carbocycles. The number of anilines is 1. The molecule has 8 nitrogen and oxygen atoms in total. The van der Waals surface area contributed by atoms with Crippen LogP contribution in [0, 0.1) is 0 Å². The van der Waals surface area contributed by atoms with Crippen LogP contribution in [0.3, 0.4) is 0 Å². The lowest BCUT2D eigenvalue weighted by molar-refractivity contribution is -0.122. The summed E-state index contributed by atoms with van der Waals surface area (Å²) in [6.07, 6.45) is 1.17. The van der Waals surface area contributed by atoms with E-state index in [4.69, 9.17) is 39.0 Å². The Bertz CT molecular complexity index is 1520. The number of carbonyl (C=O) groups excluding carboxylic acids is 3. The molecule has 1 fully saturated rings. The number of imide groups is 2. The number of nitrogens with one attached hydrogen (secondary N) is 1. The molecule has 0 aromatic heterocycles. The van der Waals surface area contributed by atoms with E-state index in [-0.39, 0.29) is 37.5 Å². The second-order valence-electron chi connectivity index (χ2n) is 7.24. The van der Waals surface area contributed by atoms with Crippen molar-refractivity contribution in [3.8, 4) is 5.75 Å². The lowest BCUT2D eigenvalue weighted by Crippen LogP contribution is -2.54. The van der Waals surface area contributed by atoms with E-state index >= 15 is 0 Å². The average molecular weight is 631 g/mol. The standard InChI is InChI=1S/C23H12BrCl3N2O6S/c24-13-1-5-15(6-2-13)29-22(31)17(21(30)28-23(29)32)9-12-10-18(26)20(19(27)11-12)35-36(33,34)16-7-3-14(25)4-8-16/h1-11H,(H,28,30,32)/b17-9+. The summed E-state index contributed by atoms with van der Waals surface area (Å²) in [6, 6.07) is 13.2. The molecule has 0 unspecified atom stereocenters. The Morgan fingerprint density at radius 3 is 2.06 bits per heavy atom. The summed E-state index contributed by atoms with van der Waals surface area (Å²) in [5.74, 6) is -2.14. The first kappa shape index (κ1) is 26.2. The number of benzene rings is 3. The molecule has 1 N–H and O–H groups in total. The van der Waals surface area contributed by atoms with Crippen LogP contribution in [-0.4, -0.2) is 26.3 Å². The molecule has 1 aliphatic heterocycles. The van der Waals surface area contributed by atoms with E-state index in [1.54, 1.807) is 12.1 Å². The van der Waals surface area contributed by atoms with Gasteiger partial charge in [-0.3, -0.25) is 14.9 Å². The molecule has 1 aliphatic rings.